The van der Waals surface area contributed by atoms with Crippen molar-refractivity contribution < 1.29 is 10.2 Å². The summed E-state index contributed by atoms with van der Waals surface area (Å²) in [5.74, 6) is 1.10. The van der Waals surface area contributed by atoms with E-state index in [9.17, 15) is 10.2 Å². The lowest BCUT2D eigenvalue weighted by atomic mass is 9.46. The first-order chi connectivity index (χ1) is 9.84. The number of allylic oxidation sites excluding steroid dienone is 3. The van der Waals surface area contributed by atoms with E-state index in [-0.39, 0.29) is 5.41 Å². The second kappa shape index (κ2) is 4.23. The summed E-state index contributed by atoms with van der Waals surface area (Å²) >= 11 is 0. The van der Waals surface area contributed by atoms with Crippen molar-refractivity contribution >= 4 is 0 Å². The first-order valence-electron chi connectivity index (χ1n) is 8.66. The van der Waals surface area contributed by atoms with Crippen LogP contribution in [0, 0.1) is 34.5 Å². The second-order valence-corrected chi connectivity index (χ2v) is 8.68. The van der Waals surface area contributed by atoms with Crippen LogP contribution >= 0.6 is 0 Å². The molecule has 0 spiro atoms. The lowest BCUT2D eigenvalue weighted by Crippen LogP contribution is -2.53. The van der Waals surface area contributed by atoms with Crippen molar-refractivity contribution in [1.29, 1.82) is 0 Å². The van der Waals surface area contributed by atoms with E-state index >= 15 is 0 Å². The van der Waals surface area contributed by atoms with Crippen LogP contribution in [-0.2, 0) is 0 Å². The van der Waals surface area contributed by atoms with E-state index in [1.54, 1.807) is 6.08 Å². The lowest BCUT2D eigenvalue weighted by Gasteiger charge is -2.59. The van der Waals surface area contributed by atoms with Crippen molar-refractivity contribution in [3.8, 4) is 0 Å². The van der Waals surface area contributed by atoms with Crippen molar-refractivity contribution in [2.24, 2.45) is 34.5 Å². The van der Waals surface area contributed by atoms with Gasteiger partial charge < -0.3 is 10.2 Å². The highest BCUT2D eigenvalue weighted by atomic mass is 16.5. The maximum atomic E-state index is 9.97. The zero-order chi connectivity index (χ0) is 14.9. The Bertz CT molecular complexity index is 506. The quantitative estimate of drug-likeness (QED) is 0.527. The van der Waals surface area contributed by atoms with Gasteiger partial charge in [0.25, 0.3) is 0 Å². The zero-order valence-corrected chi connectivity index (χ0v) is 13.3. The standard InChI is InChI=1S/C19H28O2/c1-17-8-3-4-15(17)14-6-5-13-12-19(20,21)11-10-18(13,2)16(14)7-9-17/h3-4,10-11,13-16,20-21H,5-9,12H2,1-2H3/t13?,14-,15-,16-,17-,18-/m0/s1. The van der Waals surface area contributed by atoms with Gasteiger partial charge in [0.2, 0.25) is 0 Å². The number of rotatable bonds is 0. The number of hydrogen-bond acceptors (Lipinski definition) is 2. The minimum atomic E-state index is -1.58. The third kappa shape index (κ3) is 1.91. The molecule has 4 aliphatic rings. The van der Waals surface area contributed by atoms with Crippen LogP contribution in [0.15, 0.2) is 24.3 Å². The molecular formula is C19H28O2. The molecule has 116 valence electrons. The van der Waals surface area contributed by atoms with Crippen molar-refractivity contribution in [2.45, 2.75) is 58.2 Å². The molecule has 0 aromatic rings. The molecule has 2 N–H and O–H groups in total. The van der Waals surface area contributed by atoms with Gasteiger partial charge in [-0.1, -0.05) is 32.1 Å². The van der Waals surface area contributed by atoms with E-state index in [0.29, 0.717) is 23.7 Å². The molecule has 0 amide bonds. The van der Waals surface area contributed by atoms with E-state index in [1.165, 1.54) is 25.7 Å². The van der Waals surface area contributed by atoms with Crippen LogP contribution in [0.4, 0.5) is 0 Å². The zero-order valence-electron chi connectivity index (χ0n) is 13.3. The number of aliphatic hydroxyl groups is 2. The van der Waals surface area contributed by atoms with Crippen LogP contribution in [0.3, 0.4) is 0 Å². The molecule has 0 aromatic heterocycles. The average molecular weight is 288 g/mol. The Balaban J connectivity index is 1.69. The Kier molecular flexibility index (Phi) is 2.83. The van der Waals surface area contributed by atoms with E-state index < -0.39 is 5.79 Å². The molecule has 2 fully saturated rings. The fourth-order valence-corrected chi connectivity index (χ4v) is 6.22. The summed E-state index contributed by atoms with van der Waals surface area (Å²) in [5, 5.41) is 19.9. The molecular weight excluding hydrogens is 260 g/mol. The fraction of sp³-hybridized carbons (Fsp3) is 0.789. The van der Waals surface area contributed by atoms with Crippen LogP contribution in [0.2, 0.25) is 0 Å². The second-order valence-electron chi connectivity index (χ2n) is 8.68. The van der Waals surface area contributed by atoms with Gasteiger partial charge in [-0.05, 0) is 72.7 Å². The highest BCUT2D eigenvalue weighted by Gasteiger charge is 2.57. The summed E-state index contributed by atoms with van der Waals surface area (Å²) in [6, 6.07) is 0. The molecule has 0 saturated heterocycles. The van der Waals surface area contributed by atoms with Gasteiger partial charge in [0.15, 0.2) is 5.79 Å². The van der Waals surface area contributed by atoms with E-state index in [0.717, 1.165) is 18.3 Å². The van der Waals surface area contributed by atoms with Gasteiger partial charge in [0.1, 0.15) is 0 Å². The molecule has 2 saturated carbocycles. The maximum Gasteiger partial charge on any atom is 0.182 e. The van der Waals surface area contributed by atoms with Crippen LogP contribution in [-0.4, -0.2) is 16.0 Å². The molecule has 0 aromatic carbocycles. The molecule has 6 atom stereocenters. The van der Waals surface area contributed by atoms with Crippen LogP contribution in [0.5, 0.6) is 0 Å². The highest BCUT2D eigenvalue weighted by molar-refractivity contribution is 5.21. The molecule has 21 heavy (non-hydrogen) atoms. The molecule has 2 heteroatoms. The smallest absolute Gasteiger partial charge is 0.182 e. The predicted molar refractivity (Wildman–Crippen MR) is 83.3 cm³/mol. The molecule has 0 radical (unpaired) electrons. The summed E-state index contributed by atoms with van der Waals surface area (Å²) in [4.78, 5) is 0. The molecule has 0 bridgehead atoms. The number of hydrogen-bond donors (Lipinski definition) is 2. The summed E-state index contributed by atoms with van der Waals surface area (Å²) in [5.41, 5.74) is 0.663. The van der Waals surface area contributed by atoms with E-state index in [4.69, 9.17) is 0 Å². The Labute approximate surface area is 127 Å². The Morgan fingerprint density at radius 2 is 1.86 bits per heavy atom. The number of fused-ring (bicyclic) bond motifs is 5. The fourth-order valence-electron chi connectivity index (χ4n) is 6.22. The van der Waals surface area contributed by atoms with Gasteiger partial charge in [-0.3, -0.25) is 0 Å². The lowest BCUT2D eigenvalue weighted by molar-refractivity contribution is -0.166. The van der Waals surface area contributed by atoms with Gasteiger partial charge >= 0.3 is 0 Å². The first kappa shape index (κ1) is 14.0. The van der Waals surface area contributed by atoms with Crippen LogP contribution < -0.4 is 0 Å². The van der Waals surface area contributed by atoms with Gasteiger partial charge in [-0.25, -0.2) is 0 Å². The first-order valence-corrected chi connectivity index (χ1v) is 8.66. The van der Waals surface area contributed by atoms with E-state index in [1.807, 2.05) is 0 Å². The van der Waals surface area contributed by atoms with Crippen molar-refractivity contribution in [2.75, 3.05) is 0 Å². The van der Waals surface area contributed by atoms with Gasteiger partial charge in [-0.15, -0.1) is 0 Å². The normalized spacial score (nSPS) is 53.9. The van der Waals surface area contributed by atoms with Gasteiger partial charge in [0, 0.05) is 6.42 Å². The Morgan fingerprint density at radius 1 is 1.05 bits per heavy atom. The third-order valence-electron chi connectivity index (χ3n) is 7.52. The molecule has 2 nitrogen and oxygen atoms in total. The SMILES string of the molecule is C[C@@]12CC=C[C@H]1[C@@H]1CCC3CC(O)(O)C=C[C@]3(C)[C@H]1CC2. The van der Waals surface area contributed by atoms with Crippen molar-refractivity contribution in [3.63, 3.8) is 0 Å². The topological polar surface area (TPSA) is 40.5 Å². The molecule has 0 heterocycles. The summed E-state index contributed by atoms with van der Waals surface area (Å²) in [6.45, 7) is 4.85. The van der Waals surface area contributed by atoms with Crippen LogP contribution in [0.1, 0.15) is 52.4 Å². The van der Waals surface area contributed by atoms with Crippen molar-refractivity contribution in [1.82, 2.24) is 0 Å². The van der Waals surface area contributed by atoms with E-state index in [2.05, 4.69) is 32.1 Å². The minimum absolute atomic E-state index is 0.162. The summed E-state index contributed by atoms with van der Waals surface area (Å²) in [6.07, 6.45) is 15.5. The molecule has 0 aliphatic heterocycles. The average Bonchev–Trinajstić information content (AvgIpc) is 2.81. The highest BCUT2D eigenvalue weighted by Crippen LogP contribution is 2.64. The maximum absolute atomic E-state index is 9.97. The molecule has 4 aliphatic carbocycles. The largest absolute Gasteiger partial charge is 0.362 e. The molecule has 4 rings (SSSR count). The van der Waals surface area contributed by atoms with Gasteiger partial charge in [0.05, 0.1) is 0 Å². The van der Waals surface area contributed by atoms with Gasteiger partial charge in [-0.2, -0.15) is 0 Å². The predicted octanol–water partition coefficient (Wildman–Crippen LogP) is 3.65. The minimum Gasteiger partial charge on any atom is -0.362 e. The monoisotopic (exact) mass is 288 g/mol. The third-order valence-corrected chi connectivity index (χ3v) is 7.52. The Hall–Kier alpha value is -0.600. The Morgan fingerprint density at radius 3 is 2.67 bits per heavy atom. The van der Waals surface area contributed by atoms with Crippen molar-refractivity contribution in [3.05, 3.63) is 24.3 Å². The summed E-state index contributed by atoms with van der Waals surface area (Å²) < 4.78 is 0. The van der Waals surface area contributed by atoms with Crippen LogP contribution in [0.25, 0.3) is 0 Å². The summed E-state index contributed by atoms with van der Waals surface area (Å²) in [7, 11) is 0. The molecule has 1 unspecified atom stereocenters.